The molecule has 40 heavy (non-hydrogen) atoms. The summed E-state index contributed by atoms with van der Waals surface area (Å²) in [6, 6.07) is 38.7. The standard InChI is InChI=1S/C24H17BP.C8H16N.C4H8O/c1-2-10-18(11-3-1)25-19-12-4-7-15-22(19)26(23-16-8-5-13-20(23)25)24-17-9-6-14-21(24)25;1-2-6-9(5-1)7-3-4-8-9;1-2-4-5-3-1/h1-17H;1-8H2;1-4H2/q-1;+1;. The van der Waals surface area contributed by atoms with E-state index in [2.05, 4.69) is 103 Å². The Morgan fingerprint density at radius 1 is 0.475 bits per heavy atom. The van der Waals surface area contributed by atoms with Gasteiger partial charge in [0.05, 0.1) is 26.2 Å². The van der Waals surface area contributed by atoms with Crippen molar-refractivity contribution in [2.24, 2.45) is 0 Å². The second-order valence-corrected chi connectivity index (χ2v) is 14.4. The van der Waals surface area contributed by atoms with Crippen LogP contribution in [0.1, 0.15) is 38.5 Å². The molecule has 2 nitrogen and oxygen atoms in total. The van der Waals surface area contributed by atoms with Crippen LogP contribution < -0.4 is 37.8 Å². The number of quaternary nitrogens is 1. The highest BCUT2D eigenvalue weighted by Crippen LogP contribution is 2.38. The van der Waals surface area contributed by atoms with Gasteiger partial charge in [0.25, 0.3) is 0 Å². The molecule has 4 heteroatoms. The molecule has 6 aliphatic heterocycles. The highest BCUT2D eigenvalue weighted by molar-refractivity contribution is 7.83. The van der Waals surface area contributed by atoms with Crippen LogP contribution in [0.2, 0.25) is 0 Å². The maximum Gasteiger partial charge on any atom is 0.110 e. The molecule has 3 saturated heterocycles. The fourth-order valence-electron chi connectivity index (χ4n) is 8.31. The lowest BCUT2D eigenvalue weighted by Gasteiger charge is -2.57. The molecule has 4 aromatic rings. The predicted molar refractivity (Wildman–Crippen MR) is 174 cm³/mol. The summed E-state index contributed by atoms with van der Waals surface area (Å²) in [5.74, 6) is 0. The lowest BCUT2D eigenvalue weighted by Crippen LogP contribution is -2.86. The van der Waals surface area contributed by atoms with Crippen LogP contribution in [-0.2, 0) is 4.74 Å². The second-order valence-electron chi connectivity index (χ2n) is 12.3. The van der Waals surface area contributed by atoms with Crippen LogP contribution in [0.3, 0.4) is 0 Å². The summed E-state index contributed by atoms with van der Waals surface area (Å²) in [7, 11) is -0.458. The highest BCUT2D eigenvalue weighted by Gasteiger charge is 2.46. The molecule has 3 fully saturated rings. The number of hydrogen-bond donors (Lipinski definition) is 0. The van der Waals surface area contributed by atoms with Gasteiger partial charge >= 0.3 is 0 Å². The van der Waals surface area contributed by atoms with Crippen LogP contribution in [0.4, 0.5) is 0 Å². The number of ether oxygens (including phenoxy) is 1. The first-order chi connectivity index (χ1) is 19.8. The molecule has 4 aromatic carbocycles. The van der Waals surface area contributed by atoms with E-state index in [-0.39, 0.29) is 0 Å². The number of rotatable bonds is 1. The van der Waals surface area contributed by atoms with Gasteiger partial charge in [0.1, 0.15) is 6.15 Å². The van der Waals surface area contributed by atoms with Gasteiger partial charge in [0, 0.05) is 38.9 Å². The molecule has 10 rings (SSSR count). The molecule has 0 radical (unpaired) electrons. The van der Waals surface area contributed by atoms with Crippen LogP contribution in [0.5, 0.6) is 0 Å². The molecule has 1 spiro atoms. The number of hydrogen-bond acceptors (Lipinski definition) is 1. The van der Waals surface area contributed by atoms with Crippen LogP contribution in [-0.4, -0.2) is 50.0 Å². The summed E-state index contributed by atoms with van der Waals surface area (Å²) in [5, 5.41) is 4.64. The molecule has 0 aliphatic carbocycles. The zero-order valence-electron chi connectivity index (χ0n) is 23.7. The van der Waals surface area contributed by atoms with Crippen molar-refractivity contribution >= 4 is 51.8 Å². The summed E-state index contributed by atoms with van der Waals surface area (Å²) in [6.45, 7) is 8.00. The van der Waals surface area contributed by atoms with Gasteiger partial charge in [-0.15, -0.1) is 0 Å². The molecule has 6 aliphatic rings. The predicted octanol–water partition coefficient (Wildman–Crippen LogP) is 3.64. The van der Waals surface area contributed by atoms with Crippen molar-refractivity contribution in [2.75, 3.05) is 39.4 Å². The molecular weight excluding hydrogens is 504 g/mol. The molecule has 0 atom stereocenters. The Morgan fingerprint density at radius 3 is 1.27 bits per heavy atom. The first kappa shape index (κ1) is 26.2. The SMILES string of the molecule is C1CCOC1.C1CC[N+]2(C1)CCCC2.c1ccc([B-]23c4ccccc4P(c4ccccc42)c2ccccc23)cc1. The lowest BCUT2D eigenvalue weighted by molar-refractivity contribution is -0.904. The Hall–Kier alpha value is -2.71. The molecule has 204 valence electrons. The average molecular weight is 546 g/mol. The summed E-state index contributed by atoms with van der Waals surface area (Å²) >= 11 is 0. The normalized spacial score (nSPS) is 24.2. The monoisotopic (exact) mass is 545 g/mol. The highest BCUT2D eigenvalue weighted by atomic mass is 31.1. The van der Waals surface area contributed by atoms with E-state index in [9.17, 15) is 0 Å². The van der Waals surface area contributed by atoms with Gasteiger partial charge in [0.15, 0.2) is 0 Å². The van der Waals surface area contributed by atoms with E-state index in [1.165, 1.54) is 91.0 Å². The average Bonchev–Trinajstić information content (AvgIpc) is 3.84. The molecule has 0 amide bonds. The van der Waals surface area contributed by atoms with E-state index in [0.717, 1.165) is 13.2 Å². The lowest BCUT2D eigenvalue weighted by atomic mass is 9.12. The van der Waals surface area contributed by atoms with Crippen LogP contribution in [0.25, 0.3) is 0 Å². The minimum absolute atomic E-state index is 0.458. The van der Waals surface area contributed by atoms with Crippen molar-refractivity contribution in [3.63, 3.8) is 0 Å². The van der Waals surface area contributed by atoms with Crippen molar-refractivity contribution in [3.05, 3.63) is 103 Å². The van der Waals surface area contributed by atoms with Gasteiger partial charge < -0.3 is 9.22 Å². The van der Waals surface area contributed by atoms with E-state index in [4.69, 9.17) is 4.74 Å². The van der Waals surface area contributed by atoms with Crippen molar-refractivity contribution in [1.29, 1.82) is 0 Å². The fraction of sp³-hybridized carbons (Fsp3) is 0.333. The largest absolute Gasteiger partial charge is 0.381 e. The maximum atomic E-state index is 4.94. The molecule has 2 bridgehead atoms. The molecular formula is C36H41BNOP. The van der Waals surface area contributed by atoms with E-state index in [1.54, 1.807) is 15.9 Å². The Bertz CT molecular complexity index is 1310. The van der Waals surface area contributed by atoms with Gasteiger partial charge in [-0.3, -0.25) is 0 Å². The van der Waals surface area contributed by atoms with Gasteiger partial charge in [-0.05, 0) is 36.7 Å². The minimum Gasteiger partial charge on any atom is -0.381 e. The summed E-state index contributed by atoms with van der Waals surface area (Å²) in [5.41, 5.74) is 6.01. The first-order valence-corrected chi connectivity index (χ1v) is 16.9. The van der Waals surface area contributed by atoms with Crippen molar-refractivity contribution < 1.29 is 9.22 Å². The van der Waals surface area contributed by atoms with Gasteiger partial charge in [-0.2, -0.15) is 21.9 Å². The Balaban J connectivity index is 0.000000154. The number of benzene rings is 4. The Morgan fingerprint density at radius 2 is 0.875 bits per heavy atom. The molecule has 0 saturated carbocycles. The zero-order valence-corrected chi connectivity index (χ0v) is 24.6. The van der Waals surface area contributed by atoms with E-state index in [1.807, 2.05) is 0 Å². The van der Waals surface area contributed by atoms with E-state index in [0.29, 0.717) is 0 Å². The summed E-state index contributed by atoms with van der Waals surface area (Å²) < 4.78 is 6.44. The molecule has 0 unspecified atom stereocenters. The van der Waals surface area contributed by atoms with Gasteiger partial charge in [-0.25, -0.2) is 0 Å². The summed E-state index contributed by atoms with van der Waals surface area (Å²) in [6.07, 6.45) is 7.45. The number of nitrogens with zero attached hydrogens (tertiary/aromatic N) is 1. The minimum atomic E-state index is -1.11. The fourth-order valence-corrected chi connectivity index (χ4v) is 11.4. The Kier molecular flexibility index (Phi) is 7.40. The van der Waals surface area contributed by atoms with E-state index >= 15 is 0 Å². The topological polar surface area (TPSA) is 9.23 Å². The van der Waals surface area contributed by atoms with Crippen molar-refractivity contribution in [2.45, 2.75) is 38.5 Å². The van der Waals surface area contributed by atoms with E-state index < -0.39 is 14.1 Å². The zero-order chi connectivity index (χ0) is 26.8. The third kappa shape index (κ3) is 4.39. The molecule has 0 N–H and O–H groups in total. The maximum absolute atomic E-state index is 4.94. The quantitative estimate of drug-likeness (QED) is 0.174. The second kappa shape index (κ2) is 11.3. The third-order valence-electron chi connectivity index (χ3n) is 10.1. The van der Waals surface area contributed by atoms with Crippen LogP contribution in [0.15, 0.2) is 103 Å². The summed E-state index contributed by atoms with van der Waals surface area (Å²) in [4.78, 5) is 0. The molecule has 0 aromatic heterocycles. The van der Waals surface area contributed by atoms with Crippen molar-refractivity contribution in [3.8, 4) is 0 Å². The Labute approximate surface area is 241 Å². The smallest absolute Gasteiger partial charge is 0.110 e. The van der Waals surface area contributed by atoms with Gasteiger partial charge in [-0.1, -0.05) is 103 Å². The van der Waals surface area contributed by atoms with Crippen LogP contribution in [0, 0.1) is 0 Å². The molecule has 6 heterocycles. The van der Waals surface area contributed by atoms with Gasteiger partial charge in [0.2, 0.25) is 0 Å². The van der Waals surface area contributed by atoms with Crippen LogP contribution >= 0.6 is 7.92 Å². The van der Waals surface area contributed by atoms with Crippen molar-refractivity contribution in [1.82, 2.24) is 0 Å². The first-order valence-electron chi connectivity index (χ1n) is 15.6. The third-order valence-corrected chi connectivity index (χ3v) is 12.8.